The second-order valence-corrected chi connectivity index (χ2v) is 5.10. The topological polar surface area (TPSA) is 81.4 Å². The molecule has 1 aliphatic heterocycles. The monoisotopic (exact) mass is 332 g/mol. The molecule has 1 atom stereocenters. The van der Waals surface area contributed by atoms with Gasteiger partial charge in [0.15, 0.2) is 0 Å². The van der Waals surface area contributed by atoms with Crippen LogP contribution in [0.2, 0.25) is 5.02 Å². The van der Waals surface area contributed by atoms with Crippen LogP contribution < -0.4 is 15.8 Å². The molecular formula is C11H10BrClN2O3. The lowest BCUT2D eigenvalue weighted by Gasteiger charge is -2.26. The highest BCUT2D eigenvalue weighted by molar-refractivity contribution is 9.10. The van der Waals surface area contributed by atoms with Crippen LogP contribution in [0.4, 0.5) is 0 Å². The molecule has 0 aromatic heterocycles. The zero-order valence-corrected chi connectivity index (χ0v) is 11.5. The fourth-order valence-corrected chi connectivity index (χ4v) is 2.68. The number of hydrogen-bond acceptors (Lipinski definition) is 4. The molecule has 0 saturated carbocycles. The molecule has 18 heavy (non-hydrogen) atoms. The highest BCUT2D eigenvalue weighted by Gasteiger charge is 2.30. The van der Waals surface area contributed by atoms with Gasteiger partial charge in [-0.2, -0.15) is 0 Å². The number of nitrogens with two attached hydrogens (primary N) is 1. The van der Waals surface area contributed by atoms with Gasteiger partial charge in [-0.25, -0.2) is 0 Å². The Bertz CT molecular complexity index is 521. The number of carbonyl (C=O) groups excluding carboxylic acids is 2. The zero-order valence-electron chi connectivity index (χ0n) is 9.20. The van der Waals surface area contributed by atoms with Crippen molar-refractivity contribution in [3.05, 3.63) is 27.2 Å². The summed E-state index contributed by atoms with van der Waals surface area (Å²) in [6.45, 7) is -0.136. The minimum Gasteiger partial charge on any atom is -0.425 e. The molecule has 1 unspecified atom stereocenters. The van der Waals surface area contributed by atoms with E-state index in [1.165, 1.54) is 0 Å². The van der Waals surface area contributed by atoms with Crippen LogP contribution in [0.25, 0.3) is 0 Å². The number of amides is 1. The molecular weight excluding hydrogens is 323 g/mol. The summed E-state index contributed by atoms with van der Waals surface area (Å²) in [5.74, 6) is -0.359. The van der Waals surface area contributed by atoms with E-state index in [0.29, 0.717) is 20.8 Å². The Morgan fingerprint density at radius 1 is 1.61 bits per heavy atom. The Morgan fingerprint density at radius 2 is 2.33 bits per heavy atom. The molecule has 0 aliphatic carbocycles. The van der Waals surface area contributed by atoms with E-state index in [-0.39, 0.29) is 18.9 Å². The van der Waals surface area contributed by atoms with Gasteiger partial charge in [-0.1, -0.05) is 11.6 Å². The molecule has 1 aromatic carbocycles. The summed E-state index contributed by atoms with van der Waals surface area (Å²) < 4.78 is 5.71. The fraction of sp³-hybridized carbons (Fsp3) is 0.273. The Hall–Kier alpha value is -1.11. The van der Waals surface area contributed by atoms with E-state index in [4.69, 9.17) is 22.1 Å². The molecule has 0 fully saturated rings. The van der Waals surface area contributed by atoms with E-state index in [2.05, 4.69) is 21.2 Å². The van der Waals surface area contributed by atoms with Gasteiger partial charge in [-0.05, 0) is 28.1 Å². The fourth-order valence-electron chi connectivity index (χ4n) is 1.76. The number of fused-ring (bicyclic) bond motifs is 1. The first-order valence-corrected chi connectivity index (χ1v) is 6.37. The third kappa shape index (κ3) is 2.66. The number of halogens is 2. The molecule has 1 heterocycles. The van der Waals surface area contributed by atoms with Gasteiger partial charge < -0.3 is 15.8 Å². The summed E-state index contributed by atoms with van der Waals surface area (Å²) in [7, 11) is 0. The summed E-state index contributed by atoms with van der Waals surface area (Å²) in [5.41, 5.74) is 5.90. The van der Waals surface area contributed by atoms with E-state index in [0.717, 1.165) is 0 Å². The van der Waals surface area contributed by atoms with E-state index >= 15 is 0 Å². The molecule has 1 aromatic rings. The third-order valence-corrected chi connectivity index (χ3v) is 3.33. The van der Waals surface area contributed by atoms with E-state index < -0.39 is 12.0 Å². The molecule has 0 radical (unpaired) electrons. The van der Waals surface area contributed by atoms with Crippen LogP contribution in [0, 0.1) is 0 Å². The average molecular weight is 334 g/mol. The van der Waals surface area contributed by atoms with Crippen molar-refractivity contribution < 1.29 is 14.3 Å². The maximum atomic E-state index is 11.5. The molecule has 3 N–H and O–H groups in total. The van der Waals surface area contributed by atoms with Crippen molar-refractivity contribution in [2.45, 2.75) is 12.5 Å². The minimum absolute atomic E-state index is 0.0610. The second-order valence-electron chi connectivity index (χ2n) is 3.81. The number of benzene rings is 1. The lowest BCUT2D eigenvalue weighted by molar-refractivity contribution is -0.136. The zero-order chi connectivity index (χ0) is 13.3. The van der Waals surface area contributed by atoms with Crippen LogP contribution in [-0.2, 0) is 9.59 Å². The maximum absolute atomic E-state index is 11.5. The Labute approximate surface area is 117 Å². The molecule has 5 nitrogen and oxygen atoms in total. The average Bonchev–Trinajstić information content (AvgIpc) is 2.30. The summed E-state index contributed by atoms with van der Waals surface area (Å²) in [6.07, 6.45) is 0.0610. The molecule has 96 valence electrons. The smallest absolute Gasteiger partial charge is 0.313 e. The van der Waals surface area contributed by atoms with Crippen molar-refractivity contribution in [2.24, 2.45) is 5.73 Å². The number of nitrogens with one attached hydrogen (secondary N) is 1. The second kappa shape index (κ2) is 5.26. The summed E-state index contributed by atoms with van der Waals surface area (Å²) in [4.78, 5) is 22.8. The van der Waals surface area contributed by atoms with Gasteiger partial charge >= 0.3 is 5.97 Å². The number of esters is 1. The standard InChI is InChI=1S/C11H10BrClN2O3/c12-7-2-5(13)1-6-8(15-9(16)4-14)3-10(17)18-11(6)7/h1-2,8H,3-4,14H2,(H,15,16). The summed E-state index contributed by atoms with van der Waals surface area (Å²) in [5, 5.41) is 3.16. The van der Waals surface area contributed by atoms with Crippen molar-refractivity contribution in [3.63, 3.8) is 0 Å². The van der Waals surface area contributed by atoms with Crippen LogP contribution in [0.5, 0.6) is 5.75 Å². The maximum Gasteiger partial charge on any atom is 0.313 e. The molecule has 0 bridgehead atoms. The molecule has 1 amide bonds. The minimum atomic E-state index is -0.465. The number of carbonyl (C=O) groups is 2. The summed E-state index contributed by atoms with van der Waals surface area (Å²) in [6, 6.07) is 2.82. The first-order valence-electron chi connectivity index (χ1n) is 5.20. The van der Waals surface area contributed by atoms with Crippen molar-refractivity contribution in [2.75, 3.05) is 6.54 Å². The predicted octanol–water partition coefficient (Wildman–Crippen LogP) is 1.53. The lowest BCUT2D eigenvalue weighted by Crippen LogP contribution is -2.37. The van der Waals surface area contributed by atoms with Gasteiger partial charge in [0.25, 0.3) is 0 Å². The van der Waals surface area contributed by atoms with Gasteiger partial charge in [-0.3, -0.25) is 9.59 Å². The quantitative estimate of drug-likeness (QED) is 0.635. The van der Waals surface area contributed by atoms with Crippen molar-refractivity contribution in [1.82, 2.24) is 5.32 Å². The largest absolute Gasteiger partial charge is 0.425 e. The normalized spacial score (nSPS) is 17.9. The van der Waals surface area contributed by atoms with Gasteiger partial charge in [0.05, 0.1) is 23.5 Å². The molecule has 0 spiro atoms. The van der Waals surface area contributed by atoms with Crippen molar-refractivity contribution in [3.8, 4) is 5.75 Å². The van der Waals surface area contributed by atoms with Crippen molar-refractivity contribution in [1.29, 1.82) is 0 Å². The SMILES string of the molecule is NCC(=O)NC1CC(=O)Oc2c(Br)cc(Cl)cc21. The third-order valence-electron chi connectivity index (χ3n) is 2.52. The van der Waals surface area contributed by atoms with E-state index in [9.17, 15) is 9.59 Å². The number of hydrogen-bond donors (Lipinski definition) is 2. The Balaban J connectivity index is 2.41. The van der Waals surface area contributed by atoms with Gasteiger partial charge in [0.1, 0.15) is 5.75 Å². The van der Waals surface area contributed by atoms with Gasteiger partial charge in [0, 0.05) is 10.6 Å². The van der Waals surface area contributed by atoms with E-state index in [1.807, 2.05) is 0 Å². The Morgan fingerprint density at radius 3 is 3.00 bits per heavy atom. The van der Waals surface area contributed by atoms with Crippen LogP contribution in [-0.4, -0.2) is 18.4 Å². The van der Waals surface area contributed by atoms with Crippen LogP contribution >= 0.6 is 27.5 Å². The Kier molecular flexibility index (Phi) is 3.89. The van der Waals surface area contributed by atoms with Crippen LogP contribution in [0.15, 0.2) is 16.6 Å². The first-order chi connectivity index (χ1) is 8.51. The highest BCUT2D eigenvalue weighted by Crippen LogP contribution is 2.40. The van der Waals surface area contributed by atoms with Gasteiger partial charge in [-0.15, -0.1) is 0 Å². The van der Waals surface area contributed by atoms with Crippen molar-refractivity contribution >= 4 is 39.4 Å². The number of ether oxygens (including phenoxy) is 1. The molecule has 1 aliphatic rings. The van der Waals surface area contributed by atoms with Crippen LogP contribution in [0.3, 0.4) is 0 Å². The molecule has 7 heteroatoms. The highest BCUT2D eigenvalue weighted by atomic mass is 79.9. The van der Waals surface area contributed by atoms with Crippen LogP contribution in [0.1, 0.15) is 18.0 Å². The molecule has 2 rings (SSSR count). The van der Waals surface area contributed by atoms with E-state index in [1.54, 1.807) is 12.1 Å². The molecule has 0 saturated heterocycles. The van der Waals surface area contributed by atoms with Gasteiger partial charge in [0.2, 0.25) is 5.91 Å². The lowest BCUT2D eigenvalue weighted by atomic mass is 10.00. The first kappa shape index (κ1) is 13.3. The predicted molar refractivity (Wildman–Crippen MR) is 69.3 cm³/mol. The summed E-state index contributed by atoms with van der Waals surface area (Å²) >= 11 is 9.22. The number of rotatable bonds is 2.